The van der Waals surface area contributed by atoms with Gasteiger partial charge in [0, 0.05) is 17.8 Å². The molecule has 0 bridgehead atoms. The van der Waals surface area contributed by atoms with Crippen molar-refractivity contribution in [3.63, 3.8) is 0 Å². The smallest absolute Gasteiger partial charge is 0.143 e. The van der Waals surface area contributed by atoms with Crippen LogP contribution in [0.1, 0.15) is 37.2 Å². The number of carboxylic acids is 1. The highest BCUT2D eigenvalue weighted by atomic mass is 16.4. The molecule has 1 saturated carbocycles. The second kappa shape index (κ2) is 5.13. The average Bonchev–Trinajstić information content (AvgIpc) is 2.32. The monoisotopic (exact) mass is 231 g/mol. The molecule has 90 valence electrons. The second-order valence-corrected chi connectivity index (χ2v) is 4.57. The number of hydrogen-bond donors (Lipinski definition) is 0. The molecule has 0 unspecified atom stereocenters. The Balaban J connectivity index is 2.14. The van der Waals surface area contributed by atoms with Gasteiger partial charge in [-0.25, -0.2) is 0 Å². The maximum atomic E-state index is 12.2. The molecule has 1 aliphatic carbocycles. The van der Waals surface area contributed by atoms with Gasteiger partial charge in [0.05, 0.1) is 0 Å². The Kier molecular flexibility index (Phi) is 3.57. The zero-order valence-electron chi connectivity index (χ0n) is 9.59. The summed E-state index contributed by atoms with van der Waals surface area (Å²) in [7, 11) is 0. The quantitative estimate of drug-likeness (QED) is 0.787. The van der Waals surface area contributed by atoms with Crippen molar-refractivity contribution < 1.29 is 14.7 Å². The first kappa shape index (κ1) is 11.8. The number of carbonyl (C=O) groups excluding carboxylic acids is 2. The molecule has 3 nitrogen and oxygen atoms in total. The van der Waals surface area contributed by atoms with E-state index in [2.05, 4.69) is 0 Å². The lowest BCUT2D eigenvalue weighted by Gasteiger charge is -2.28. The van der Waals surface area contributed by atoms with Gasteiger partial charge >= 0.3 is 0 Å². The Morgan fingerprint density at radius 1 is 1.24 bits per heavy atom. The average molecular weight is 231 g/mol. The van der Waals surface area contributed by atoms with Crippen LogP contribution < -0.4 is 5.11 Å². The van der Waals surface area contributed by atoms with Crippen LogP contribution in [0.2, 0.25) is 0 Å². The van der Waals surface area contributed by atoms with Crippen molar-refractivity contribution in [3.05, 3.63) is 35.9 Å². The summed E-state index contributed by atoms with van der Waals surface area (Å²) in [6.07, 6.45) is 2.27. The third-order valence-corrected chi connectivity index (χ3v) is 3.41. The van der Waals surface area contributed by atoms with Crippen molar-refractivity contribution in [1.82, 2.24) is 0 Å². The number of benzene rings is 1. The Hall–Kier alpha value is -1.64. The van der Waals surface area contributed by atoms with E-state index in [9.17, 15) is 14.7 Å². The van der Waals surface area contributed by atoms with Crippen molar-refractivity contribution in [3.8, 4) is 0 Å². The highest BCUT2D eigenvalue weighted by Crippen LogP contribution is 2.34. The van der Waals surface area contributed by atoms with Crippen LogP contribution >= 0.6 is 0 Å². The van der Waals surface area contributed by atoms with E-state index in [1.165, 1.54) is 0 Å². The summed E-state index contributed by atoms with van der Waals surface area (Å²) in [6, 6.07) is 9.60. The van der Waals surface area contributed by atoms with E-state index in [1.54, 1.807) is 0 Å². The lowest BCUT2D eigenvalue weighted by atomic mass is 9.75. The van der Waals surface area contributed by atoms with Gasteiger partial charge < -0.3 is 9.90 Å². The lowest BCUT2D eigenvalue weighted by Crippen LogP contribution is -2.33. The molecule has 0 N–H and O–H groups in total. The van der Waals surface area contributed by atoms with Crippen LogP contribution in [0.15, 0.2) is 30.3 Å². The SMILES string of the molecule is O=C([O-])C[C@@H]1CCC[C@H](c2ccccc2)C1=O. The molecule has 1 fully saturated rings. The molecule has 3 heteroatoms. The van der Waals surface area contributed by atoms with Crippen molar-refractivity contribution in [2.45, 2.75) is 31.6 Å². The largest absolute Gasteiger partial charge is 0.550 e. The molecule has 0 heterocycles. The van der Waals surface area contributed by atoms with E-state index in [4.69, 9.17) is 0 Å². The number of carbonyl (C=O) groups is 2. The summed E-state index contributed by atoms with van der Waals surface area (Å²) in [4.78, 5) is 22.8. The minimum atomic E-state index is -1.13. The summed E-state index contributed by atoms with van der Waals surface area (Å²) in [5, 5.41) is 10.6. The van der Waals surface area contributed by atoms with Gasteiger partial charge in [0.2, 0.25) is 0 Å². The molecule has 1 aromatic rings. The van der Waals surface area contributed by atoms with E-state index in [1.807, 2.05) is 30.3 Å². The molecule has 0 radical (unpaired) electrons. The predicted molar refractivity (Wildman–Crippen MR) is 61.2 cm³/mol. The van der Waals surface area contributed by atoms with E-state index in [-0.39, 0.29) is 24.0 Å². The van der Waals surface area contributed by atoms with Crippen LogP contribution in [-0.4, -0.2) is 11.8 Å². The zero-order valence-corrected chi connectivity index (χ0v) is 9.59. The van der Waals surface area contributed by atoms with Crippen molar-refractivity contribution >= 4 is 11.8 Å². The lowest BCUT2D eigenvalue weighted by molar-refractivity contribution is -0.306. The summed E-state index contributed by atoms with van der Waals surface area (Å²) in [5.74, 6) is -1.56. The van der Waals surface area contributed by atoms with Gasteiger partial charge in [0.15, 0.2) is 0 Å². The summed E-state index contributed by atoms with van der Waals surface area (Å²) in [6.45, 7) is 0. The minimum absolute atomic E-state index is 0.0617. The van der Waals surface area contributed by atoms with Gasteiger partial charge in [-0.15, -0.1) is 0 Å². The number of ketones is 1. The van der Waals surface area contributed by atoms with Crippen molar-refractivity contribution in [2.75, 3.05) is 0 Å². The first-order valence-electron chi connectivity index (χ1n) is 5.97. The van der Waals surface area contributed by atoms with Gasteiger partial charge in [0.1, 0.15) is 5.78 Å². The van der Waals surface area contributed by atoms with Crippen LogP contribution in [0, 0.1) is 5.92 Å². The number of hydrogen-bond acceptors (Lipinski definition) is 3. The van der Waals surface area contributed by atoms with Crippen LogP contribution in [0.25, 0.3) is 0 Å². The normalized spacial score (nSPS) is 24.6. The van der Waals surface area contributed by atoms with Gasteiger partial charge in [-0.05, 0) is 24.8 Å². The third kappa shape index (κ3) is 2.73. The molecular weight excluding hydrogens is 216 g/mol. The Morgan fingerprint density at radius 3 is 2.59 bits per heavy atom. The first-order chi connectivity index (χ1) is 8.18. The summed E-state index contributed by atoms with van der Waals surface area (Å²) >= 11 is 0. The summed E-state index contributed by atoms with van der Waals surface area (Å²) < 4.78 is 0. The minimum Gasteiger partial charge on any atom is -0.550 e. The zero-order chi connectivity index (χ0) is 12.3. The van der Waals surface area contributed by atoms with Crippen LogP contribution in [-0.2, 0) is 9.59 Å². The van der Waals surface area contributed by atoms with Crippen LogP contribution in [0.4, 0.5) is 0 Å². The van der Waals surface area contributed by atoms with Gasteiger partial charge in [0.25, 0.3) is 0 Å². The highest BCUT2D eigenvalue weighted by Gasteiger charge is 2.31. The van der Waals surface area contributed by atoms with Gasteiger partial charge in [-0.1, -0.05) is 36.8 Å². The molecule has 2 rings (SSSR count). The van der Waals surface area contributed by atoms with Gasteiger partial charge in [-0.3, -0.25) is 4.79 Å². The maximum absolute atomic E-state index is 12.2. The first-order valence-corrected chi connectivity index (χ1v) is 5.97. The Morgan fingerprint density at radius 2 is 1.94 bits per heavy atom. The van der Waals surface area contributed by atoms with Crippen LogP contribution in [0.5, 0.6) is 0 Å². The highest BCUT2D eigenvalue weighted by molar-refractivity contribution is 5.90. The van der Waals surface area contributed by atoms with E-state index >= 15 is 0 Å². The fourth-order valence-electron chi connectivity index (χ4n) is 2.56. The third-order valence-electron chi connectivity index (χ3n) is 3.41. The molecule has 17 heavy (non-hydrogen) atoms. The molecule has 0 saturated heterocycles. The Bertz CT molecular complexity index is 411. The standard InChI is InChI=1S/C14H16O3/c15-13(16)9-11-7-4-8-12(14(11)17)10-5-2-1-3-6-10/h1-3,5-6,11-12H,4,7-9H2,(H,15,16)/p-1/t11-,12+/m0/s1. The molecular formula is C14H15O3-. The second-order valence-electron chi connectivity index (χ2n) is 4.57. The van der Waals surface area contributed by atoms with Crippen LogP contribution in [0.3, 0.4) is 0 Å². The molecule has 0 aliphatic heterocycles. The fourth-order valence-corrected chi connectivity index (χ4v) is 2.56. The fraction of sp³-hybridized carbons (Fsp3) is 0.429. The number of carboxylic acid groups (broad SMARTS) is 1. The number of rotatable bonds is 3. The Labute approximate surface area is 100 Å². The van der Waals surface area contributed by atoms with Gasteiger partial charge in [-0.2, -0.15) is 0 Å². The topological polar surface area (TPSA) is 57.2 Å². The molecule has 1 aliphatic rings. The molecule has 0 amide bonds. The van der Waals surface area contributed by atoms with E-state index in [0.29, 0.717) is 6.42 Å². The van der Waals surface area contributed by atoms with Crippen molar-refractivity contribution in [2.24, 2.45) is 5.92 Å². The molecule has 2 atom stereocenters. The molecule has 0 spiro atoms. The van der Waals surface area contributed by atoms with Crippen molar-refractivity contribution in [1.29, 1.82) is 0 Å². The number of Topliss-reactive ketones (excluding diaryl/α,β-unsaturated/α-hetero) is 1. The predicted octanol–water partition coefficient (Wildman–Crippen LogP) is 1.28. The molecule has 1 aromatic carbocycles. The van der Waals surface area contributed by atoms with E-state index < -0.39 is 5.97 Å². The molecule has 0 aromatic heterocycles. The maximum Gasteiger partial charge on any atom is 0.143 e. The van der Waals surface area contributed by atoms with E-state index in [0.717, 1.165) is 18.4 Å². The number of aliphatic carboxylic acids is 1. The summed E-state index contributed by atoms with van der Waals surface area (Å²) in [5.41, 5.74) is 1.00.